The molecule has 0 atom stereocenters. The molecule has 0 aliphatic heterocycles. The molecule has 1 heteroatoms. The maximum Gasteiger partial charge on any atom is 0.0487 e. The fraction of sp³-hybridized carbons (Fsp3) is 0.0476. The van der Waals surface area contributed by atoms with Crippen LogP contribution in [0, 0.1) is 0 Å². The summed E-state index contributed by atoms with van der Waals surface area (Å²) in [6.07, 6.45) is 2.22. The van der Waals surface area contributed by atoms with Crippen LogP contribution < -0.4 is 4.90 Å². The van der Waals surface area contributed by atoms with Crippen LogP contribution in [0.1, 0.15) is 11.1 Å². The normalized spacial score (nSPS) is 11.2. The molecule has 0 amide bonds. The molecule has 0 N–H and O–H groups in total. The summed E-state index contributed by atoms with van der Waals surface area (Å²) in [6, 6.07) is 31.4. The van der Waals surface area contributed by atoms with Crippen molar-refractivity contribution in [3.05, 3.63) is 102 Å². The van der Waals surface area contributed by atoms with E-state index in [0.29, 0.717) is 0 Å². The molecule has 108 valence electrons. The van der Waals surface area contributed by atoms with Gasteiger partial charge in [0.15, 0.2) is 0 Å². The SMILES string of the molecule is CN(C(=Cc1ccccc1)c1ccccc1)c1ccccc1. The summed E-state index contributed by atoms with van der Waals surface area (Å²) in [4.78, 5) is 2.22. The van der Waals surface area contributed by atoms with Crippen molar-refractivity contribution in [3.63, 3.8) is 0 Å². The van der Waals surface area contributed by atoms with E-state index < -0.39 is 0 Å². The second kappa shape index (κ2) is 6.77. The molecule has 0 aliphatic carbocycles. The second-order valence-electron chi connectivity index (χ2n) is 5.20. The predicted molar refractivity (Wildman–Crippen MR) is 95.6 cm³/mol. The molecule has 0 aliphatic rings. The average molecular weight is 285 g/mol. The molecule has 3 aromatic carbocycles. The molecule has 3 aromatic rings. The largest absolute Gasteiger partial charge is 0.344 e. The molecule has 0 radical (unpaired) electrons. The Hall–Kier alpha value is -2.80. The summed E-state index contributed by atoms with van der Waals surface area (Å²) in [6.45, 7) is 0. The summed E-state index contributed by atoms with van der Waals surface area (Å²) in [5, 5.41) is 0. The van der Waals surface area contributed by atoms with Crippen molar-refractivity contribution < 1.29 is 0 Å². The fourth-order valence-electron chi connectivity index (χ4n) is 2.48. The lowest BCUT2D eigenvalue weighted by Gasteiger charge is -2.23. The molecule has 0 aromatic heterocycles. The smallest absolute Gasteiger partial charge is 0.0487 e. The highest BCUT2D eigenvalue weighted by Crippen LogP contribution is 2.26. The van der Waals surface area contributed by atoms with Gasteiger partial charge in [-0.15, -0.1) is 0 Å². The monoisotopic (exact) mass is 285 g/mol. The zero-order valence-corrected chi connectivity index (χ0v) is 12.7. The minimum atomic E-state index is 1.17. The molecule has 0 unspecified atom stereocenters. The van der Waals surface area contributed by atoms with E-state index in [1.165, 1.54) is 22.5 Å². The van der Waals surface area contributed by atoms with Crippen LogP contribution in [-0.2, 0) is 0 Å². The number of nitrogens with zero attached hydrogens (tertiary/aromatic N) is 1. The van der Waals surface area contributed by atoms with Crippen LogP contribution in [0.3, 0.4) is 0 Å². The van der Waals surface area contributed by atoms with Crippen LogP contribution in [0.25, 0.3) is 11.8 Å². The Bertz CT molecular complexity index is 731. The first-order valence-electron chi connectivity index (χ1n) is 7.45. The van der Waals surface area contributed by atoms with Crippen molar-refractivity contribution in [3.8, 4) is 0 Å². The highest BCUT2D eigenvalue weighted by molar-refractivity contribution is 5.89. The van der Waals surface area contributed by atoms with Gasteiger partial charge in [0, 0.05) is 18.4 Å². The number of rotatable bonds is 4. The molecule has 3 rings (SSSR count). The lowest BCUT2D eigenvalue weighted by molar-refractivity contribution is 1.22. The van der Waals surface area contributed by atoms with Gasteiger partial charge in [-0.3, -0.25) is 0 Å². The van der Waals surface area contributed by atoms with E-state index in [9.17, 15) is 0 Å². The molecule has 0 bridgehead atoms. The molecule has 0 spiro atoms. The van der Waals surface area contributed by atoms with Gasteiger partial charge in [-0.25, -0.2) is 0 Å². The molecule has 0 saturated carbocycles. The first-order valence-corrected chi connectivity index (χ1v) is 7.45. The third-order valence-corrected chi connectivity index (χ3v) is 3.68. The van der Waals surface area contributed by atoms with Gasteiger partial charge in [-0.05, 0) is 29.3 Å². The van der Waals surface area contributed by atoms with Crippen LogP contribution in [0.15, 0.2) is 91.0 Å². The van der Waals surface area contributed by atoms with Crippen LogP contribution in [0.4, 0.5) is 5.69 Å². The van der Waals surface area contributed by atoms with Crippen LogP contribution in [0.2, 0.25) is 0 Å². The quantitative estimate of drug-likeness (QED) is 0.586. The van der Waals surface area contributed by atoms with Crippen molar-refractivity contribution in [2.24, 2.45) is 0 Å². The Morgan fingerprint density at radius 3 is 1.77 bits per heavy atom. The molecular formula is C21H19N. The molecule has 0 fully saturated rings. The van der Waals surface area contributed by atoms with Gasteiger partial charge in [0.25, 0.3) is 0 Å². The summed E-state index contributed by atoms with van der Waals surface area (Å²) in [5.74, 6) is 0. The Balaban J connectivity index is 2.06. The molecular weight excluding hydrogens is 266 g/mol. The van der Waals surface area contributed by atoms with Gasteiger partial charge in [0.2, 0.25) is 0 Å². The lowest BCUT2D eigenvalue weighted by atomic mass is 10.1. The van der Waals surface area contributed by atoms with Gasteiger partial charge in [0.05, 0.1) is 0 Å². The third-order valence-electron chi connectivity index (χ3n) is 3.68. The van der Waals surface area contributed by atoms with Crippen molar-refractivity contribution in [2.45, 2.75) is 0 Å². The summed E-state index contributed by atoms with van der Waals surface area (Å²) < 4.78 is 0. The minimum Gasteiger partial charge on any atom is -0.344 e. The fourth-order valence-corrected chi connectivity index (χ4v) is 2.48. The van der Waals surface area contributed by atoms with Gasteiger partial charge < -0.3 is 4.90 Å². The maximum atomic E-state index is 2.22. The standard InChI is InChI=1S/C21H19N/c1-22(20-15-9-4-10-16-20)21(19-13-7-3-8-14-19)17-18-11-5-2-6-12-18/h2-17H,1H3. The first-order chi connectivity index (χ1) is 10.8. The van der Waals surface area contributed by atoms with Gasteiger partial charge in [-0.1, -0.05) is 78.9 Å². The van der Waals surface area contributed by atoms with Crippen molar-refractivity contribution in [1.29, 1.82) is 0 Å². The van der Waals surface area contributed by atoms with Gasteiger partial charge in [0.1, 0.15) is 0 Å². The van der Waals surface area contributed by atoms with E-state index in [1.807, 2.05) is 18.2 Å². The third kappa shape index (κ3) is 3.26. The van der Waals surface area contributed by atoms with Gasteiger partial charge in [-0.2, -0.15) is 0 Å². The van der Waals surface area contributed by atoms with E-state index in [1.54, 1.807) is 0 Å². The Labute approximate surface area is 132 Å². The Morgan fingerprint density at radius 1 is 0.682 bits per heavy atom. The maximum absolute atomic E-state index is 2.22. The minimum absolute atomic E-state index is 1.17. The summed E-state index contributed by atoms with van der Waals surface area (Å²) >= 11 is 0. The average Bonchev–Trinajstić information content (AvgIpc) is 2.61. The van der Waals surface area contributed by atoms with E-state index in [0.717, 1.165) is 0 Å². The van der Waals surface area contributed by atoms with E-state index in [2.05, 4.69) is 90.8 Å². The zero-order valence-electron chi connectivity index (χ0n) is 12.7. The molecule has 22 heavy (non-hydrogen) atoms. The van der Waals surface area contributed by atoms with E-state index >= 15 is 0 Å². The van der Waals surface area contributed by atoms with Crippen molar-refractivity contribution >= 4 is 17.5 Å². The van der Waals surface area contributed by atoms with E-state index in [4.69, 9.17) is 0 Å². The lowest BCUT2D eigenvalue weighted by Crippen LogP contribution is -2.15. The number of hydrogen-bond donors (Lipinski definition) is 0. The zero-order chi connectivity index (χ0) is 15.2. The molecule has 0 saturated heterocycles. The number of para-hydroxylation sites is 1. The summed E-state index contributed by atoms with van der Waals surface area (Å²) in [7, 11) is 2.11. The van der Waals surface area contributed by atoms with Crippen LogP contribution in [-0.4, -0.2) is 7.05 Å². The summed E-state index contributed by atoms with van der Waals surface area (Å²) in [5.41, 5.74) is 4.76. The molecule has 0 heterocycles. The first kappa shape index (κ1) is 14.2. The topological polar surface area (TPSA) is 3.24 Å². The van der Waals surface area contributed by atoms with E-state index in [-0.39, 0.29) is 0 Å². The highest BCUT2D eigenvalue weighted by Gasteiger charge is 2.09. The number of benzene rings is 3. The molecule has 1 nitrogen and oxygen atoms in total. The Morgan fingerprint density at radius 2 is 1.18 bits per heavy atom. The predicted octanol–water partition coefficient (Wildman–Crippen LogP) is 5.32. The highest BCUT2D eigenvalue weighted by atomic mass is 15.1. The van der Waals surface area contributed by atoms with Crippen molar-refractivity contribution in [2.75, 3.05) is 11.9 Å². The van der Waals surface area contributed by atoms with Gasteiger partial charge >= 0.3 is 0 Å². The number of hydrogen-bond acceptors (Lipinski definition) is 1. The Kier molecular flexibility index (Phi) is 4.35. The van der Waals surface area contributed by atoms with Crippen LogP contribution >= 0.6 is 0 Å². The number of anilines is 1. The second-order valence-corrected chi connectivity index (χ2v) is 5.20. The van der Waals surface area contributed by atoms with Crippen molar-refractivity contribution in [1.82, 2.24) is 0 Å². The van der Waals surface area contributed by atoms with Crippen LogP contribution in [0.5, 0.6) is 0 Å².